The number of nitrogens with zero attached hydrogens (tertiary/aromatic N) is 1. The van der Waals surface area contributed by atoms with Gasteiger partial charge < -0.3 is 24.6 Å². The van der Waals surface area contributed by atoms with Gasteiger partial charge in [-0.05, 0) is 36.4 Å². The molecule has 0 heterocycles. The summed E-state index contributed by atoms with van der Waals surface area (Å²) in [6.45, 7) is 0. The first-order valence-corrected chi connectivity index (χ1v) is 9.80. The minimum absolute atomic E-state index is 0.0357. The summed E-state index contributed by atoms with van der Waals surface area (Å²) >= 11 is 0. The van der Waals surface area contributed by atoms with Gasteiger partial charge in [-0.2, -0.15) is 5.10 Å². The molecule has 0 bridgehead atoms. The molecule has 2 amide bonds. The number of hydrogen-bond donors (Lipinski definition) is 3. The van der Waals surface area contributed by atoms with Crippen LogP contribution >= 0.6 is 0 Å². The molecule has 0 aliphatic rings. The van der Waals surface area contributed by atoms with Gasteiger partial charge in [-0.25, -0.2) is 5.43 Å². The van der Waals surface area contributed by atoms with E-state index in [1.165, 1.54) is 45.7 Å². The fraction of sp³-hybridized carbons (Fsp3) is 0.125. The summed E-state index contributed by atoms with van der Waals surface area (Å²) in [5.41, 5.74) is 3.57. The quantitative estimate of drug-likeness (QED) is 0.358. The number of anilines is 1. The van der Waals surface area contributed by atoms with E-state index in [9.17, 15) is 14.7 Å². The van der Waals surface area contributed by atoms with Crippen LogP contribution in [0.1, 0.15) is 26.3 Å². The lowest BCUT2D eigenvalue weighted by atomic mass is 10.1. The van der Waals surface area contributed by atoms with Crippen molar-refractivity contribution in [1.82, 2.24) is 5.43 Å². The van der Waals surface area contributed by atoms with E-state index in [0.29, 0.717) is 22.8 Å². The van der Waals surface area contributed by atoms with E-state index in [4.69, 9.17) is 14.2 Å². The highest BCUT2D eigenvalue weighted by atomic mass is 16.5. The molecule has 0 unspecified atom stereocenters. The van der Waals surface area contributed by atoms with E-state index < -0.39 is 11.8 Å². The number of rotatable bonds is 8. The van der Waals surface area contributed by atoms with E-state index in [2.05, 4.69) is 15.8 Å². The van der Waals surface area contributed by atoms with Crippen LogP contribution in [0.3, 0.4) is 0 Å². The van der Waals surface area contributed by atoms with Crippen molar-refractivity contribution in [2.45, 2.75) is 0 Å². The number of methoxy groups -OCH3 is 3. The number of para-hydroxylation sites is 2. The number of hydrazone groups is 1. The molecule has 0 fully saturated rings. The minimum atomic E-state index is -0.539. The van der Waals surface area contributed by atoms with Gasteiger partial charge in [0.05, 0.1) is 38.8 Å². The molecule has 0 atom stereocenters. The van der Waals surface area contributed by atoms with Crippen molar-refractivity contribution in [2.24, 2.45) is 5.10 Å². The van der Waals surface area contributed by atoms with Gasteiger partial charge in [-0.15, -0.1) is 0 Å². The van der Waals surface area contributed by atoms with Crippen molar-refractivity contribution in [3.63, 3.8) is 0 Å². The Bertz CT molecular complexity index is 1170. The number of aromatic hydroxyl groups is 1. The van der Waals surface area contributed by atoms with Crippen molar-refractivity contribution < 1.29 is 28.9 Å². The topological polar surface area (TPSA) is 118 Å². The second-order valence-electron chi connectivity index (χ2n) is 6.67. The molecule has 33 heavy (non-hydrogen) atoms. The molecule has 0 spiro atoms. The monoisotopic (exact) mass is 449 g/mol. The molecule has 3 rings (SSSR count). The molecule has 170 valence electrons. The van der Waals surface area contributed by atoms with Gasteiger partial charge in [-0.1, -0.05) is 24.3 Å². The number of carbonyl (C=O) groups excluding carboxylic acids is 2. The standard InChI is InChI=1S/C24H23N3O6/c1-31-20-12-16(13-21(32-2)22(20)33-3)23(29)26-18-10-6-5-9-17(18)24(30)27-25-14-15-8-4-7-11-19(15)28/h4-14,28H,1-3H3,(H,26,29)(H,27,30)/b25-14-. The predicted molar refractivity (Wildman–Crippen MR) is 124 cm³/mol. The van der Waals surface area contributed by atoms with E-state index >= 15 is 0 Å². The molecule has 0 saturated heterocycles. The van der Waals surface area contributed by atoms with Gasteiger partial charge in [0.2, 0.25) is 5.75 Å². The van der Waals surface area contributed by atoms with Crippen LogP contribution in [-0.2, 0) is 0 Å². The summed E-state index contributed by atoms with van der Waals surface area (Å²) in [6.07, 6.45) is 1.32. The summed E-state index contributed by atoms with van der Waals surface area (Å²) in [6, 6.07) is 16.1. The number of carbonyl (C=O) groups is 2. The van der Waals surface area contributed by atoms with E-state index in [1.54, 1.807) is 42.5 Å². The van der Waals surface area contributed by atoms with Crippen molar-refractivity contribution in [3.05, 3.63) is 77.4 Å². The average Bonchev–Trinajstić information content (AvgIpc) is 2.84. The zero-order valence-electron chi connectivity index (χ0n) is 18.3. The van der Waals surface area contributed by atoms with Crippen molar-refractivity contribution >= 4 is 23.7 Å². The Balaban J connectivity index is 1.80. The summed E-state index contributed by atoms with van der Waals surface area (Å²) < 4.78 is 15.9. The fourth-order valence-electron chi connectivity index (χ4n) is 3.01. The van der Waals surface area contributed by atoms with Crippen LogP contribution in [0.5, 0.6) is 23.0 Å². The van der Waals surface area contributed by atoms with Gasteiger partial charge >= 0.3 is 0 Å². The fourth-order valence-corrected chi connectivity index (χ4v) is 3.01. The highest BCUT2D eigenvalue weighted by molar-refractivity contribution is 6.09. The molecule has 9 heteroatoms. The van der Waals surface area contributed by atoms with Crippen LogP contribution in [0.2, 0.25) is 0 Å². The maximum Gasteiger partial charge on any atom is 0.273 e. The lowest BCUT2D eigenvalue weighted by Crippen LogP contribution is -2.21. The smallest absolute Gasteiger partial charge is 0.273 e. The van der Waals surface area contributed by atoms with Gasteiger partial charge in [0, 0.05) is 11.1 Å². The van der Waals surface area contributed by atoms with Gasteiger partial charge in [0.25, 0.3) is 11.8 Å². The van der Waals surface area contributed by atoms with E-state index in [1.807, 2.05) is 0 Å². The Labute approximate surface area is 190 Å². The predicted octanol–water partition coefficient (Wildman–Crippen LogP) is 3.43. The normalized spacial score (nSPS) is 10.5. The molecular weight excluding hydrogens is 426 g/mol. The number of hydrogen-bond acceptors (Lipinski definition) is 7. The Morgan fingerprint density at radius 1 is 0.879 bits per heavy atom. The van der Waals surface area contributed by atoms with Gasteiger partial charge in [-0.3, -0.25) is 9.59 Å². The summed E-state index contributed by atoms with van der Waals surface area (Å²) in [4.78, 5) is 25.6. The summed E-state index contributed by atoms with van der Waals surface area (Å²) in [7, 11) is 4.37. The Kier molecular flexibility index (Phi) is 7.48. The Morgan fingerprint density at radius 2 is 1.52 bits per heavy atom. The summed E-state index contributed by atoms with van der Waals surface area (Å²) in [5.74, 6) is 0.0277. The molecule has 9 nitrogen and oxygen atoms in total. The molecule has 0 saturated carbocycles. The molecule has 0 aliphatic carbocycles. The first kappa shape index (κ1) is 23.1. The van der Waals surface area contributed by atoms with Crippen LogP contribution in [0.4, 0.5) is 5.69 Å². The molecule has 3 aromatic carbocycles. The zero-order valence-corrected chi connectivity index (χ0v) is 18.3. The summed E-state index contributed by atoms with van der Waals surface area (Å²) in [5, 5.41) is 16.4. The average molecular weight is 449 g/mol. The first-order chi connectivity index (χ1) is 16.0. The lowest BCUT2D eigenvalue weighted by molar-refractivity contribution is 0.0956. The minimum Gasteiger partial charge on any atom is -0.507 e. The lowest BCUT2D eigenvalue weighted by Gasteiger charge is -2.15. The molecule has 3 aromatic rings. The van der Waals surface area contributed by atoms with Crippen LogP contribution in [-0.4, -0.2) is 44.5 Å². The largest absolute Gasteiger partial charge is 0.507 e. The number of ether oxygens (including phenoxy) is 3. The molecule has 0 aliphatic heterocycles. The van der Waals surface area contributed by atoms with Crippen molar-refractivity contribution in [1.29, 1.82) is 0 Å². The SMILES string of the molecule is COc1cc(C(=O)Nc2ccccc2C(=O)N/N=C\c2ccccc2O)cc(OC)c1OC. The number of phenolic OH excluding ortho intramolecular Hbond substituents is 1. The number of nitrogens with one attached hydrogen (secondary N) is 2. The van der Waals surface area contributed by atoms with Crippen LogP contribution in [0, 0.1) is 0 Å². The first-order valence-electron chi connectivity index (χ1n) is 9.80. The van der Waals surface area contributed by atoms with E-state index in [-0.39, 0.29) is 22.6 Å². The molecule has 0 radical (unpaired) electrons. The number of benzene rings is 3. The van der Waals surface area contributed by atoms with Gasteiger partial charge in [0.15, 0.2) is 11.5 Å². The maximum absolute atomic E-state index is 12.9. The second-order valence-corrected chi connectivity index (χ2v) is 6.67. The van der Waals surface area contributed by atoms with Crippen LogP contribution < -0.4 is 25.0 Å². The zero-order chi connectivity index (χ0) is 23.8. The highest BCUT2D eigenvalue weighted by Crippen LogP contribution is 2.38. The molecular formula is C24H23N3O6. The van der Waals surface area contributed by atoms with Crippen LogP contribution in [0.25, 0.3) is 0 Å². The Morgan fingerprint density at radius 3 is 2.15 bits per heavy atom. The highest BCUT2D eigenvalue weighted by Gasteiger charge is 2.19. The molecule has 0 aromatic heterocycles. The van der Waals surface area contributed by atoms with Gasteiger partial charge in [0.1, 0.15) is 5.75 Å². The Hall–Kier alpha value is -4.53. The van der Waals surface area contributed by atoms with Crippen molar-refractivity contribution in [2.75, 3.05) is 26.6 Å². The van der Waals surface area contributed by atoms with Crippen molar-refractivity contribution in [3.8, 4) is 23.0 Å². The third-order valence-electron chi connectivity index (χ3n) is 4.65. The third kappa shape index (κ3) is 5.40. The maximum atomic E-state index is 12.9. The van der Waals surface area contributed by atoms with E-state index in [0.717, 1.165) is 0 Å². The number of amides is 2. The molecule has 3 N–H and O–H groups in total. The third-order valence-corrected chi connectivity index (χ3v) is 4.65. The second kappa shape index (κ2) is 10.7. The van der Waals surface area contributed by atoms with Crippen LogP contribution in [0.15, 0.2) is 65.8 Å². The number of phenols is 1.